The van der Waals surface area contributed by atoms with E-state index in [2.05, 4.69) is 26.8 Å². The maximum atomic E-state index is 14.4. The molecular formula is C36H58O11. The van der Waals surface area contributed by atoms with Gasteiger partial charge in [0.15, 0.2) is 0 Å². The summed E-state index contributed by atoms with van der Waals surface area (Å²) in [4.78, 5) is 14.4. The fourth-order valence-electron chi connectivity index (χ4n) is 12.1. The average Bonchev–Trinajstić information content (AvgIpc) is 3.02. The monoisotopic (exact) mass is 666 g/mol. The van der Waals surface area contributed by atoms with Crippen molar-refractivity contribution >= 4 is 5.97 Å². The van der Waals surface area contributed by atoms with Crippen LogP contribution in [0.2, 0.25) is 0 Å². The molecule has 11 heteroatoms. The van der Waals surface area contributed by atoms with Gasteiger partial charge in [-0.15, -0.1) is 0 Å². The van der Waals surface area contributed by atoms with Crippen LogP contribution in [0.1, 0.15) is 92.9 Å². The molecule has 16 atom stereocenters. The second-order valence-electron chi connectivity index (χ2n) is 17.8. The number of hydrogen-bond acceptors (Lipinski definition) is 11. The SMILES string of the molecule is CC1(C)CC[C@]2(C(=O)O[C@@H]3O[C@H](CO)[C@@H](O)[C@H](O)[C@H]3O)CC[C@]3(C)C(=CC[C@H]4[C@@]5(C)C[C@@H](O)[C@H](O)[C@@](C)(CO)[C@@H]5CC[C@]43C)[C@H]2[C@@H]1O. The van der Waals surface area contributed by atoms with Gasteiger partial charge in [0.1, 0.15) is 24.4 Å². The Labute approximate surface area is 278 Å². The summed E-state index contributed by atoms with van der Waals surface area (Å²) < 4.78 is 11.4. The molecule has 47 heavy (non-hydrogen) atoms. The number of ether oxygens (including phenoxy) is 2. The van der Waals surface area contributed by atoms with Gasteiger partial charge >= 0.3 is 5.97 Å². The van der Waals surface area contributed by atoms with Gasteiger partial charge in [-0.1, -0.05) is 53.2 Å². The molecule has 8 N–H and O–H groups in total. The minimum atomic E-state index is -1.72. The predicted molar refractivity (Wildman–Crippen MR) is 169 cm³/mol. The van der Waals surface area contributed by atoms with Crippen molar-refractivity contribution in [2.24, 2.45) is 50.2 Å². The Morgan fingerprint density at radius 1 is 0.851 bits per heavy atom. The lowest BCUT2D eigenvalue weighted by molar-refractivity contribution is -0.298. The summed E-state index contributed by atoms with van der Waals surface area (Å²) in [5.74, 6) is -1.08. The van der Waals surface area contributed by atoms with Crippen molar-refractivity contribution in [1.29, 1.82) is 0 Å². The molecule has 0 amide bonds. The molecule has 5 aliphatic carbocycles. The lowest BCUT2D eigenvalue weighted by Crippen LogP contribution is -2.69. The van der Waals surface area contributed by atoms with Gasteiger partial charge < -0.3 is 50.3 Å². The Morgan fingerprint density at radius 3 is 2.15 bits per heavy atom. The number of aliphatic hydroxyl groups excluding tert-OH is 8. The standard InChI is InChI=1S/C36H58O11/c1-31(2)11-13-36(30(45)47-29-26(42)25(41)24(40)20(16-37)46-29)14-12-34(5)18(23(36)28(31)44)7-8-22-32(3)15-19(39)27(43)33(4,17-38)21(32)9-10-35(22,34)6/h7,19-29,37-44H,8-17H2,1-6H3/t19-,20-,21-,22+,23+,24-,25+,26-,27+,28+,29+,32+,33+,34-,35-,36+/m1/s1. The topological polar surface area (TPSA) is 197 Å². The molecule has 4 saturated carbocycles. The summed E-state index contributed by atoms with van der Waals surface area (Å²) in [5, 5.41) is 85.9. The van der Waals surface area contributed by atoms with Crippen LogP contribution in [0.5, 0.6) is 0 Å². The van der Waals surface area contributed by atoms with E-state index < -0.39 is 89.2 Å². The van der Waals surface area contributed by atoms with Crippen molar-refractivity contribution in [2.75, 3.05) is 13.2 Å². The molecule has 1 aliphatic heterocycles. The quantitative estimate of drug-likeness (QED) is 0.160. The molecule has 5 fully saturated rings. The van der Waals surface area contributed by atoms with E-state index in [0.717, 1.165) is 18.4 Å². The average molecular weight is 667 g/mol. The largest absolute Gasteiger partial charge is 0.432 e. The van der Waals surface area contributed by atoms with E-state index in [4.69, 9.17) is 9.47 Å². The normalized spacial score (nSPS) is 55.4. The number of carbonyl (C=O) groups excluding carboxylic acids is 1. The molecule has 6 rings (SSSR count). The van der Waals surface area contributed by atoms with E-state index >= 15 is 0 Å². The van der Waals surface area contributed by atoms with E-state index in [1.165, 1.54) is 0 Å². The van der Waals surface area contributed by atoms with Crippen LogP contribution in [0.4, 0.5) is 0 Å². The maximum Gasteiger partial charge on any atom is 0.315 e. The molecule has 0 bridgehead atoms. The van der Waals surface area contributed by atoms with E-state index in [9.17, 15) is 45.6 Å². The van der Waals surface area contributed by atoms with E-state index in [1.54, 1.807) is 0 Å². The van der Waals surface area contributed by atoms with E-state index in [-0.39, 0.29) is 29.3 Å². The molecule has 0 spiro atoms. The minimum Gasteiger partial charge on any atom is -0.432 e. The first-order valence-electron chi connectivity index (χ1n) is 17.7. The zero-order valence-electron chi connectivity index (χ0n) is 28.8. The Kier molecular flexibility index (Phi) is 8.68. The van der Waals surface area contributed by atoms with Crippen molar-refractivity contribution < 1.29 is 55.1 Å². The van der Waals surface area contributed by atoms with Crippen LogP contribution in [0.15, 0.2) is 11.6 Å². The van der Waals surface area contributed by atoms with Gasteiger partial charge in [0.25, 0.3) is 0 Å². The van der Waals surface area contributed by atoms with Gasteiger partial charge in [0.2, 0.25) is 6.29 Å². The number of hydrogen-bond donors (Lipinski definition) is 8. The lowest BCUT2D eigenvalue weighted by atomic mass is 9.33. The van der Waals surface area contributed by atoms with Crippen molar-refractivity contribution in [2.45, 2.75) is 142 Å². The zero-order valence-corrected chi connectivity index (χ0v) is 28.8. The van der Waals surface area contributed by atoms with E-state index in [0.29, 0.717) is 38.5 Å². The van der Waals surface area contributed by atoms with Crippen LogP contribution in [-0.2, 0) is 14.3 Å². The van der Waals surface area contributed by atoms with Gasteiger partial charge in [-0.2, -0.15) is 0 Å². The molecule has 0 aromatic rings. The van der Waals surface area contributed by atoms with Gasteiger partial charge in [-0.05, 0) is 84.9 Å². The Bertz CT molecular complexity index is 1270. The molecule has 0 aromatic heterocycles. The zero-order chi connectivity index (χ0) is 34.7. The predicted octanol–water partition coefficient (Wildman–Crippen LogP) is 1.41. The highest BCUT2D eigenvalue weighted by molar-refractivity contribution is 5.79. The molecule has 0 radical (unpaired) electrons. The van der Waals surface area contributed by atoms with Gasteiger partial charge in [0, 0.05) is 11.3 Å². The third-order valence-corrected chi connectivity index (χ3v) is 15.4. The first kappa shape index (κ1) is 35.7. The fraction of sp³-hybridized carbons (Fsp3) is 0.917. The van der Waals surface area contributed by atoms with Crippen LogP contribution in [-0.4, -0.2) is 109 Å². The number of esters is 1. The third kappa shape index (κ3) is 4.67. The second kappa shape index (κ2) is 11.4. The van der Waals surface area contributed by atoms with Gasteiger partial charge in [-0.25, -0.2) is 0 Å². The van der Waals surface area contributed by atoms with E-state index in [1.807, 2.05) is 20.8 Å². The number of rotatable bonds is 4. The minimum absolute atomic E-state index is 0.00502. The molecule has 6 aliphatic rings. The summed E-state index contributed by atoms with van der Waals surface area (Å²) in [7, 11) is 0. The Morgan fingerprint density at radius 2 is 1.51 bits per heavy atom. The van der Waals surface area contributed by atoms with Crippen molar-refractivity contribution in [3.05, 3.63) is 11.6 Å². The summed E-state index contributed by atoms with van der Waals surface area (Å²) in [6, 6.07) is 0. The summed E-state index contributed by atoms with van der Waals surface area (Å²) >= 11 is 0. The van der Waals surface area contributed by atoms with Crippen molar-refractivity contribution in [3.63, 3.8) is 0 Å². The van der Waals surface area contributed by atoms with Crippen LogP contribution >= 0.6 is 0 Å². The number of aliphatic hydroxyl groups is 8. The van der Waals surface area contributed by atoms with Gasteiger partial charge in [0.05, 0.1) is 36.9 Å². The first-order chi connectivity index (χ1) is 21.8. The molecule has 0 aromatic carbocycles. The molecule has 11 nitrogen and oxygen atoms in total. The number of allylic oxidation sites excluding steroid dienone is 1. The highest BCUT2D eigenvalue weighted by Crippen LogP contribution is 2.75. The molecule has 0 unspecified atom stereocenters. The molecular weight excluding hydrogens is 608 g/mol. The Balaban J connectivity index is 1.39. The smallest absolute Gasteiger partial charge is 0.315 e. The summed E-state index contributed by atoms with van der Waals surface area (Å²) in [5.41, 5.74) is -2.46. The lowest BCUT2D eigenvalue weighted by Gasteiger charge is -2.71. The van der Waals surface area contributed by atoms with Crippen LogP contribution in [0, 0.1) is 50.2 Å². The van der Waals surface area contributed by atoms with Crippen molar-refractivity contribution in [3.8, 4) is 0 Å². The Hall–Kier alpha value is -1.15. The van der Waals surface area contributed by atoms with Crippen LogP contribution in [0.25, 0.3) is 0 Å². The highest BCUT2D eigenvalue weighted by Gasteiger charge is 2.72. The summed E-state index contributed by atoms with van der Waals surface area (Å²) in [6.07, 6.45) is -3.62. The van der Waals surface area contributed by atoms with Crippen LogP contribution in [0.3, 0.4) is 0 Å². The number of fused-ring (bicyclic) bond motifs is 7. The maximum absolute atomic E-state index is 14.4. The van der Waals surface area contributed by atoms with Crippen molar-refractivity contribution in [1.82, 2.24) is 0 Å². The number of carbonyl (C=O) groups is 1. The first-order valence-corrected chi connectivity index (χ1v) is 17.7. The highest BCUT2D eigenvalue weighted by atomic mass is 16.7. The van der Waals surface area contributed by atoms with Gasteiger partial charge in [-0.3, -0.25) is 4.79 Å². The summed E-state index contributed by atoms with van der Waals surface area (Å²) in [6.45, 7) is 11.9. The fourth-order valence-corrected chi connectivity index (χ4v) is 12.1. The second-order valence-corrected chi connectivity index (χ2v) is 17.8. The molecule has 268 valence electrons. The molecule has 1 saturated heterocycles. The third-order valence-electron chi connectivity index (χ3n) is 15.4. The van der Waals surface area contributed by atoms with Crippen LogP contribution < -0.4 is 0 Å². The molecule has 1 heterocycles.